The maximum atomic E-state index is 12.1. The number of carbonyl (C=O) groups excluding carboxylic acids is 1. The highest BCUT2D eigenvalue weighted by atomic mass is 16.5. The normalized spacial score (nSPS) is 10.4. The average molecular weight is 319 g/mol. The Labute approximate surface area is 135 Å². The summed E-state index contributed by atoms with van der Waals surface area (Å²) in [5.41, 5.74) is 1.57. The molecule has 0 unspecified atom stereocenters. The number of urea groups is 1. The van der Waals surface area contributed by atoms with Crippen LogP contribution in [0.4, 0.5) is 10.5 Å². The molecule has 0 aliphatic rings. The second-order valence-corrected chi connectivity index (χ2v) is 5.03. The van der Waals surface area contributed by atoms with E-state index in [0.717, 1.165) is 5.56 Å². The summed E-state index contributed by atoms with van der Waals surface area (Å²) >= 11 is 0. The van der Waals surface area contributed by atoms with Crippen molar-refractivity contribution < 1.29 is 14.3 Å². The number of pyridine rings is 1. The van der Waals surface area contributed by atoms with Crippen LogP contribution in [0.1, 0.15) is 5.56 Å². The number of anilines is 1. The van der Waals surface area contributed by atoms with Crippen molar-refractivity contribution in [2.24, 2.45) is 7.05 Å². The molecule has 0 aliphatic carbocycles. The summed E-state index contributed by atoms with van der Waals surface area (Å²) in [7, 11) is 5.17. The van der Waals surface area contributed by atoms with Gasteiger partial charge in [-0.2, -0.15) is 5.10 Å². The van der Waals surface area contributed by atoms with Crippen molar-refractivity contribution in [3.63, 3.8) is 0 Å². The van der Waals surface area contributed by atoms with E-state index >= 15 is 0 Å². The number of nitrogens with one attached hydrogen (secondary N) is 1. The van der Waals surface area contributed by atoms with Gasteiger partial charge in [0.2, 0.25) is 5.88 Å². The van der Waals surface area contributed by atoms with Gasteiger partial charge in [0, 0.05) is 39.0 Å². The Hall–Kier alpha value is -2.61. The molecule has 2 rings (SSSR count). The van der Waals surface area contributed by atoms with Gasteiger partial charge in [-0.15, -0.1) is 0 Å². The molecule has 2 amide bonds. The number of nitrogens with zero attached hydrogens (tertiary/aromatic N) is 4. The summed E-state index contributed by atoms with van der Waals surface area (Å²) in [5.74, 6) is 0.490. The lowest BCUT2D eigenvalue weighted by Gasteiger charge is -2.17. The van der Waals surface area contributed by atoms with Gasteiger partial charge in [0.25, 0.3) is 0 Å². The van der Waals surface area contributed by atoms with E-state index in [1.165, 1.54) is 0 Å². The molecule has 2 aromatic rings. The molecule has 8 nitrogen and oxygen atoms in total. The number of amides is 2. The number of ether oxygens (including phenoxy) is 2. The molecular weight excluding hydrogens is 298 g/mol. The lowest BCUT2D eigenvalue weighted by atomic mass is 10.3. The monoisotopic (exact) mass is 319 g/mol. The molecule has 23 heavy (non-hydrogen) atoms. The smallest absolute Gasteiger partial charge is 0.321 e. The van der Waals surface area contributed by atoms with Crippen LogP contribution >= 0.6 is 0 Å². The Balaban J connectivity index is 1.84. The maximum absolute atomic E-state index is 12.1. The fourth-order valence-electron chi connectivity index (χ4n) is 1.89. The molecule has 1 N–H and O–H groups in total. The summed E-state index contributed by atoms with van der Waals surface area (Å²) in [6, 6.07) is 3.22. The summed E-state index contributed by atoms with van der Waals surface area (Å²) in [5, 5.41) is 6.86. The van der Waals surface area contributed by atoms with Crippen LogP contribution < -0.4 is 10.1 Å². The standard InChI is InChI=1S/C15H21N5O3/c1-19(10-12-8-17-20(2)11-12)15(21)18-13-4-5-14(16-9-13)23-7-6-22-3/h4-5,8-9,11H,6-7,10H2,1-3H3,(H,18,21). The number of methoxy groups -OCH3 is 1. The SMILES string of the molecule is COCCOc1ccc(NC(=O)N(C)Cc2cnn(C)c2)cn1. The van der Waals surface area contributed by atoms with Gasteiger partial charge in [0.1, 0.15) is 6.61 Å². The third kappa shape index (κ3) is 5.26. The van der Waals surface area contributed by atoms with Gasteiger partial charge in [0.05, 0.1) is 31.2 Å². The van der Waals surface area contributed by atoms with Crippen LogP contribution in [0.3, 0.4) is 0 Å². The van der Waals surface area contributed by atoms with Crippen LogP contribution in [0.5, 0.6) is 5.88 Å². The largest absolute Gasteiger partial charge is 0.475 e. The van der Waals surface area contributed by atoms with Gasteiger partial charge in [0.15, 0.2) is 0 Å². The van der Waals surface area contributed by atoms with Gasteiger partial charge in [-0.1, -0.05) is 0 Å². The third-order valence-electron chi connectivity index (χ3n) is 3.05. The second kappa shape index (κ2) is 8.14. The minimum Gasteiger partial charge on any atom is -0.475 e. The molecule has 0 atom stereocenters. The van der Waals surface area contributed by atoms with Crippen molar-refractivity contribution in [2.75, 3.05) is 32.7 Å². The van der Waals surface area contributed by atoms with Crippen LogP contribution in [-0.4, -0.2) is 53.1 Å². The fraction of sp³-hybridized carbons (Fsp3) is 0.400. The number of rotatable bonds is 7. The highest BCUT2D eigenvalue weighted by Crippen LogP contribution is 2.12. The summed E-state index contributed by atoms with van der Waals surface area (Å²) < 4.78 is 12.0. The van der Waals surface area contributed by atoms with E-state index in [2.05, 4.69) is 15.4 Å². The predicted octanol–water partition coefficient (Wildman–Crippen LogP) is 1.50. The first-order valence-corrected chi connectivity index (χ1v) is 7.16. The van der Waals surface area contributed by atoms with Crippen molar-refractivity contribution >= 4 is 11.7 Å². The average Bonchev–Trinajstić information content (AvgIpc) is 2.94. The zero-order valence-electron chi connectivity index (χ0n) is 13.5. The van der Waals surface area contributed by atoms with Gasteiger partial charge in [-0.3, -0.25) is 4.68 Å². The molecule has 0 aliphatic heterocycles. The second-order valence-electron chi connectivity index (χ2n) is 5.03. The fourth-order valence-corrected chi connectivity index (χ4v) is 1.89. The van der Waals surface area contributed by atoms with E-state index in [4.69, 9.17) is 9.47 Å². The third-order valence-corrected chi connectivity index (χ3v) is 3.05. The van der Waals surface area contributed by atoms with Crippen LogP contribution in [0.25, 0.3) is 0 Å². The van der Waals surface area contributed by atoms with Crippen LogP contribution in [-0.2, 0) is 18.3 Å². The molecule has 0 aromatic carbocycles. The molecule has 0 bridgehead atoms. The summed E-state index contributed by atoms with van der Waals surface area (Å²) in [6.45, 7) is 1.41. The zero-order chi connectivity index (χ0) is 16.7. The Bertz CT molecular complexity index is 626. The van der Waals surface area contributed by atoms with Gasteiger partial charge < -0.3 is 19.7 Å². The topological polar surface area (TPSA) is 81.5 Å². The molecule has 0 saturated heterocycles. The molecular formula is C15H21N5O3. The molecule has 2 aromatic heterocycles. The van der Waals surface area contributed by atoms with Crippen molar-refractivity contribution in [3.8, 4) is 5.88 Å². The maximum Gasteiger partial charge on any atom is 0.321 e. The Kier molecular flexibility index (Phi) is 5.93. The van der Waals surface area contributed by atoms with E-state index in [9.17, 15) is 4.79 Å². The zero-order valence-corrected chi connectivity index (χ0v) is 13.5. The minimum absolute atomic E-state index is 0.219. The predicted molar refractivity (Wildman–Crippen MR) is 85.3 cm³/mol. The number of hydrogen-bond acceptors (Lipinski definition) is 5. The van der Waals surface area contributed by atoms with Crippen molar-refractivity contribution in [1.82, 2.24) is 19.7 Å². The number of aryl methyl sites for hydroxylation is 1. The first-order valence-electron chi connectivity index (χ1n) is 7.16. The Morgan fingerprint density at radius 1 is 1.35 bits per heavy atom. The van der Waals surface area contributed by atoms with Crippen molar-refractivity contribution in [1.29, 1.82) is 0 Å². The first-order chi connectivity index (χ1) is 11.1. The number of aromatic nitrogens is 3. The minimum atomic E-state index is -0.219. The molecule has 124 valence electrons. The molecule has 0 fully saturated rings. The lowest BCUT2D eigenvalue weighted by Crippen LogP contribution is -2.30. The highest BCUT2D eigenvalue weighted by molar-refractivity contribution is 5.88. The summed E-state index contributed by atoms with van der Waals surface area (Å²) in [6.07, 6.45) is 5.16. The summed E-state index contributed by atoms with van der Waals surface area (Å²) in [4.78, 5) is 17.8. The lowest BCUT2D eigenvalue weighted by molar-refractivity contribution is 0.144. The number of hydrogen-bond donors (Lipinski definition) is 1. The van der Waals surface area contributed by atoms with Crippen LogP contribution in [0, 0.1) is 0 Å². The number of carbonyl (C=O) groups is 1. The Morgan fingerprint density at radius 3 is 2.78 bits per heavy atom. The Morgan fingerprint density at radius 2 is 2.17 bits per heavy atom. The molecule has 0 radical (unpaired) electrons. The van der Waals surface area contributed by atoms with Gasteiger partial charge in [-0.05, 0) is 6.07 Å². The van der Waals surface area contributed by atoms with Crippen molar-refractivity contribution in [3.05, 3.63) is 36.3 Å². The molecule has 0 spiro atoms. The van der Waals surface area contributed by atoms with Gasteiger partial charge >= 0.3 is 6.03 Å². The van der Waals surface area contributed by atoms with Crippen LogP contribution in [0.2, 0.25) is 0 Å². The van der Waals surface area contributed by atoms with E-state index in [0.29, 0.717) is 31.3 Å². The highest BCUT2D eigenvalue weighted by Gasteiger charge is 2.10. The molecule has 2 heterocycles. The van der Waals surface area contributed by atoms with E-state index < -0.39 is 0 Å². The van der Waals surface area contributed by atoms with E-state index in [-0.39, 0.29) is 6.03 Å². The molecule has 8 heteroatoms. The quantitative estimate of drug-likeness (QED) is 0.782. The van der Waals surface area contributed by atoms with E-state index in [1.54, 1.807) is 48.3 Å². The van der Waals surface area contributed by atoms with Crippen LogP contribution in [0.15, 0.2) is 30.7 Å². The van der Waals surface area contributed by atoms with Crippen molar-refractivity contribution in [2.45, 2.75) is 6.54 Å². The first kappa shape index (κ1) is 16.8. The molecule has 0 saturated carbocycles. The van der Waals surface area contributed by atoms with E-state index in [1.807, 2.05) is 13.2 Å². The van der Waals surface area contributed by atoms with Gasteiger partial charge in [-0.25, -0.2) is 9.78 Å².